The molecule has 0 saturated heterocycles. The van der Waals surface area contributed by atoms with Crippen molar-refractivity contribution in [2.24, 2.45) is 0 Å². The molecule has 0 unspecified atom stereocenters. The van der Waals surface area contributed by atoms with Gasteiger partial charge in [-0.25, -0.2) is 0 Å². The Morgan fingerprint density at radius 3 is 2.78 bits per heavy atom. The van der Waals surface area contributed by atoms with Crippen LogP contribution in [0.25, 0.3) is 10.8 Å². The monoisotopic (exact) mass is 323 g/mol. The lowest BCUT2D eigenvalue weighted by Gasteiger charge is -2.17. The van der Waals surface area contributed by atoms with Gasteiger partial charge >= 0.3 is 0 Å². The lowest BCUT2D eigenvalue weighted by atomic mass is 10.1. The van der Waals surface area contributed by atoms with Crippen LogP contribution < -0.4 is 9.64 Å². The minimum Gasteiger partial charge on any atom is -0.495 e. The van der Waals surface area contributed by atoms with Gasteiger partial charge in [-0.15, -0.1) is 0 Å². The molecule has 23 heavy (non-hydrogen) atoms. The van der Waals surface area contributed by atoms with Crippen molar-refractivity contribution in [3.8, 4) is 11.9 Å². The van der Waals surface area contributed by atoms with Crippen LogP contribution >= 0.6 is 11.6 Å². The quantitative estimate of drug-likeness (QED) is 0.528. The van der Waals surface area contributed by atoms with E-state index in [9.17, 15) is 5.26 Å². The number of benzene rings is 2. The second kappa shape index (κ2) is 6.55. The van der Waals surface area contributed by atoms with Crippen molar-refractivity contribution in [3.05, 3.63) is 65.4 Å². The third-order valence-corrected chi connectivity index (χ3v) is 3.94. The molecule has 0 bridgehead atoms. The summed E-state index contributed by atoms with van der Waals surface area (Å²) in [7, 11) is 1.56. The van der Waals surface area contributed by atoms with Gasteiger partial charge < -0.3 is 4.74 Å². The number of ether oxygens (including phenoxy) is 1. The molecule has 0 amide bonds. The zero-order chi connectivity index (χ0) is 16.2. The van der Waals surface area contributed by atoms with Gasteiger partial charge in [-0.2, -0.15) is 5.26 Å². The molecule has 3 rings (SSSR count). The molecule has 5 heteroatoms. The standard InChI is InChI=1S/C18H14ClN3O/c1-23-18-7-6-15(8-17(18)19)22(12-20)11-14-10-21-9-13-4-2-3-5-16(13)14/h2-10H,11H2,1H3. The minimum atomic E-state index is 0.424. The third kappa shape index (κ3) is 3.05. The average molecular weight is 324 g/mol. The van der Waals surface area contributed by atoms with Crippen molar-refractivity contribution in [1.82, 2.24) is 4.98 Å². The van der Waals surface area contributed by atoms with E-state index in [2.05, 4.69) is 11.2 Å². The molecular weight excluding hydrogens is 310 g/mol. The number of aromatic nitrogens is 1. The molecule has 4 nitrogen and oxygen atoms in total. The van der Waals surface area contributed by atoms with Gasteiger partial charge in [-0.1, -0.05) is 35.9 Å². The largest absolute Gasteiger partial charge is 0.495 e. The molecule has 0 aliphatic rings. The average Bonchev–Trinajstić information content (AvgIpc) is 2.59. The summed E-state index contributed by atoms with van der Waals surface area (Å²) in [5.41, 5.74) is 1.70. The molecule has 0 aliphatic carbocycles. The predicted molar refractivity (Wildman–Crippen MR) is 91.5 cm³/mol. The van der Waals surface area contributed by atoms with Crippen molar-refractivity contribution in [2.75, 3.05) is 12.0 Å². The van der Waals surface area contributed by atoms with Gasteiger partial charge in [0.2, 0.25) is 0 Å². The first-order chi connectivity index (χ1) is 11.2. The van der Waals surface area contributed by atoms with Crippen LogP contribution in [0.3, 0.4) is 0 Å². The molecule has 0 fully saturated rings. The van der Waals surface area contributed by atoms with Crippen LogP contribution in [0.4, 0.5) is 5.69 Å². The van der Waals surface area contributed by atoms with Gasteiger partial charge in [0.05, 0.1) is 24.4 Å². The first-order valence-electron chi connectivity index (χ1n) is 7.05. The lowest BCUT2D eigenvalue weighted by Crippen LogP contribution is -2.16. The highest BCUT2D eigenvalue weighted by Crippen LogP contribution is 2.30. The summed E-state index contributed by atoms with van der Waals surface area (Å²) in [6, 6.07) is 13.3. The molecule has 0 N–H and O–H groups in total. The Balaban J connectivity index is 1.96. The number of methoxy groups -OCH3 is 1. The van der Waals surface area contributed by atoms with Crippen LogP contribution in [-0.2, 0) is 6.54 Å². The van der Waals surface area contributed by atoms with Gasteiger partial charge in [-0.05, 0) is 29.1 Å². The number of hydrogen-bond acceptors (Lipinski definition) is 4. The van der Waals surface area contributed by atoms with Crippen molar-refractivity contribution >= 4 is 28.1 Å². The highest BCUT2D eigenvalue weighted by atomic mass is 35.5. The summed E-state index contributed by atoms with van der Waals surface area (Å²) in [6.45, 7) is 0.424. The van der Waals surface area contributed by atoms with Crippen molar-refractivity contribution in [2.45, 2.75) is 6.54 Å². The number of rotatable bonds is 4. The first kappa shape index (κ1) is 15.1. The Labute approximate surface area is 139 Å². The summed E-state index contributed by atoms with van der Waals surface area (Å²) in [5.74, 6) is 0.583. The number of nitrogens with zero attached hydrogens (tertiary/aromatic N) is 3. The third-order valence-electron chi connectivity index (χ3n) is 3.65. The molecule has 1 aromatic heterocycles. The van der Waals surface area contributed by atoms with E-state index in [-0.39, 0.29) is 0 Å². The Hall–Kier alpha value is -2.77. The minimum absolute atomic E-state index is 0.424. The van der Waals surface area contributed by atoms with Crippen LogP contribution in [0.2, 0.25) is 5.02 Å². The first-order valence-corrected chi connectivity index (χ1v) is 7.43. The SMILES string of the molecule is COc1ccc(N(C#N)Cc2cncc3ccccc23)cc1Cl. The van der Waals surface area contributed by atoms with Crippen LogP contribution in [0.1, 0.15) is 5.56 Å². The molecule has 1 heterocycles. The summed E-state index contributed by atoms with van der Waals surface area (Å²) in [5, 5.41) is 12.1. The number of fused-ring (bicyclic) bond motifs is 1. The zero-order valence-electron chi connectivity index (χ0n) is 12.5. The van der Waals surface area contributed by atoms with E-state index < -0.39 is 0 Å². The molecule has 114 valence electrons. The van der Waals surface area contributed by atoms with Gasteiger partial charge in [0.1, 0.15) is 5.75 Å². The fourth-order valence-electron chi connectivity index (χ4n) is 2.48. The lowest BCUT2D eigenvalue weighted by molar-refractivity contribution is 0.415. The second-order valence-electron chi connectivity index (χ2n) is 5.02. The molecule has 0 spiro atoms. The number of nitriles is 1. The molecule has 0 atom stereocenters. The smallest absolute Gasteiger partial charge is 0.184 e. The van der Waals surface area contributed by atoms with Crippen LogP contribution in [-0.4, -0.2) is 12.1 Å². The maximum Gasteiger partial charge on any atom is 0.184 e. The number of pyridine rings is 1. The summed E-state index contributed by atoms with van der Waals surface area (Å²) in [4.78, 5) is 5.83. The highest BCUT2D eigenvalue weighted by Gasteiger charge is 2.11. The van der Waals surface area contributed by atoms with Crippen molar-refractivity contribution < 1.29 is 4.74 Å². The summed E-state index contributed by atoms with van der Waals surface area (Å²) >= 11 is 6.16. The molecule has 3 aromatic rings. The van der Waals surface area contributed by atoms with E-state index in [0.717, 1.165) is 16.3 Å². The summed E-state index contributed by atoms with van der Waals surface area (Å²) in [6.07, 6.45) is 5.81. The molecule has 0 aliphatic heterocycles. The number of anilines is 1. The van der Waals surface area contributed by atoms with E-state index in [1.54, 1.807) is 30.3 Å². The second-order valence-corrected chi connectivity index (χ2v) is 5.43. The highest BCUT2D eigenvalue weighted by molar-refractivity contribution is 6.32. The van der Waals surface area contributed by atoms with E-state index in [1.807, 2.05) is 36.5 Å². The van der Waals surface area contributed by atoms with E-state index in [1.165, 1.54) is 0 Å². The molecule has 0 radical (unpaired) electrons. The van der Waals surface area contributed by atoms with E-state index >= 15 is 0 Å². The Bertz CT molecular complexity index is 884. The fourth-order valence-corrected chi connectivity index (χ4v) is 2.73. The number of halogens is 1. The van der Waals surface area contributed by atoms with Gasteiger partial charge in [0.15, 0.2) is 6.19 Å². The molecule has 0 saturated carbocycles. The molecule has 2 aromatic carbocycles. The Morgan fingerprint density at radius 2 is 2.04 bits per heavy atom. The van der Waals surface area contributed by atoms with E-state index in [0.29, 0.717) is 23.0 Å². The zero-order valence-corrected chi connectivity index (χ0v) is 13.3. The predicted octanol–water partition coefficient (Wildman–Crippen LogP) is 4.38. The molecular formula is C18H14ClN3O. The maximum absolute atomic E-state index is 9.51. The van der Waals surface area contributed by atoms with Crippen molar-refractivity contribution in [1.29, 1.82) is 5.26 Å². The topological polar surface area (TPSA) is 49.1 Å². The van der Waals surface area contributed by atoms with Crippen LogP contribution in [0, 0.1) is 11.5 Å². The van der Waals surface area contributed by atoms with Crippen molar-refractivity contribution in [3.63, 3.8) is 0 Å². The maximum atomic E-state index is 9.51. The Kier molecular flexibility index (Phi) is 4.31. The Morgan fingerprint density at radius 1 is 1.22 bits per heavy atom. The van der Waals surface area contributed by atoms with E-state index in [4.69, 9.17) is 16.3 Å². The van der Waals surface area contributed by atoms with Gasteiger partial charge in [0.25, 0.3) is 0 Å². The van der Waals surface area contributed by atoms with Crippen LogP contribution in [0.5, 0.6) is 5.75 Å². The number of hydrogen-bond donors (Lipinski definition) is 0. The van der Waals surface area contributed by atoms with Gasteiger partial charge in [-0.3, -0.25) is 9.88 Å². The summed E-state index contributed by atoms with van der Waals surface area (Å²) < 4.78 is 5.15. The fraction of sp³-hybridized carbons (Fsp3) is 0.111. The normalized spacial score (nSPS) is 10.3. The van der Waals surface area contributed by atoms with Crippen LogP contribution in [0.15, 0.2) is 54.9 Å². The van der Waals surface area contributed by atoms with Gasteiger partial charge in [0, 0.05) is 17.8 Å².